The lowest BCUT2D eigenvalue weighted by molar-refractivity contribution is 0.0955. The Hall–Kier alpha value is -2.05. The van der Waals surface area contributed by atoms with Gasteiger partial charge in [0.05, 0.1) is 23.9 Å². The van der Waals surface area contributed by atoms with Gasteiger partial charge in [-0.05, 0) is 24.3 Å². The number of hydrogen-bond acceptors (Lipinski definition) is 4. The quantitative estimate of drug-likeness (QED) is 0.626. The largest absolute Gasteiger partial charge is 0.504 e. The number of carbonyl (C=O) groups excluding carboxylic acids is 1. The van der Waals surface area contributed by atoms with Crippen molar-refractivity contribution in [3.63, 3.8) is 0 Å². The minimum absolute atomic E-state index is 0.0681. The van der Waals surface area contributed by atoms with Crippen molar-refractivity contribution in [1.82, 2.24) is 5.43 Å². The van der Waals surface area contributed by atoms with Gasteiger partial charge in [-0.3, -0.25) is 4.79 Å². The molecule has 0 saturated heterocycles. The monoisotopic (exact) mass is 382 g/mol. The first kappa shape index (κ1) is 16.3. The van der Waals surface area contributed by atoms with Crippen LogP contribution in [0.5, 0.6) is 11.5 Å². The molecule has 0 aliphatic heterocycles. The number of ether oxygens (including phenoxy) is 1. The highest BCUT2D eigenvalue weighted by atomic mass is 79.9. The molecule has 114 valence electrons. The van der Waals surface area contributed by atoms with E-state index in [-0.39, 0.29) is 5.75 Å². The normalized spacial score (nSPS) is 10.7. The topological polar surface area (TPSA) is 70.9 Å². The summed E-state index contributed by atoms with van der Waals surface area (Å²) < 4.78 is 5.74. The molecule has 0 fully saturated rings. The summed E-state index contributed by atoms with van der Waals surface area (Å²) in [5.74, 6) is -0.210. The van der Waals surface area contributed by atoms with E-state index in [9.17, 15) is 9.90 Å². The number of amides is 1. The van der Waals surface area contributed by atoms with E-state index in [0.717, 1.165) is 0 Å². The number of hydrogen-bond donors (Lipinski definition) is 2. The smallest absolute Gasteiger partial charge is 0.272 e. The molecule has 0 aromatic heterocycles. The molecule has 2 rings (SSSR count). The molecular weight excluding hydrogens is 372 g/mol. The van der Waals surface area contributed by atoms with Crippen LogP contribution in [0.15, 0.2) is 46.0 Å². The van der Waals surface area contributed by atoms with Crippen LogP contribution >= 0.6 is 27.5 Å². The lowest BCUT2D eigenvalue weighted by Gasteiger charge is -2.07. The van der Waals surface area contributed by atoms with E-state index < -0.39 is 5.91 Å². The average Bonchev–Trinajstić information content (AvgIpc) is 2.50. The summed E-state index contributed by atoms with van der Waals surface area (Å²) in [6, 6.07) is 9.90. The molecule has 0 atom stereocenters. The molecule has 5 nitrogen and oxygen atoms in total. The minimum atomic E-state index is -0.441. The summed E-state index contributed by atoms with van der Waals surface area (Å²) in [5, 5.41) is 14.1. The van der Waals surface area contributed by atoms with Gasteiger partial charge in [0.25, 0.3) is 5.91 Å². The Balaban J connectivity index is 2.15. The highest BCUT2D eigenvalue weighted by molar-refractivity contribution is 9.10. The molecule has 0 aliphatic rings. The molecule has 0 heterocycles. The fraction of sp³-hybridized carbons (Fsp3) is 0.0667. The second-order valence-corrected chi connectivity index (χ2v) is 5.55. The third-order valence-corrected chi connectivity index (χ3v) is 3.56. The van der Waals surface area contributed by atoms with Crippen LogP contribution in [0.4, 0.5) is 0 Å². The van der Waals surface area contributed by atoms with Crippen molar-refractivity contribution in [1.29, 1.82) is 0 Å². The van der Waals surface area contributed by atoms with E-state index in [1.54, 1.807) is 36.4 Å². The standard InChI is InChI=1S/C15H12BrClN2O3/c1-22-13-7-10(16)6-9(14(13)20)8-18-19-15(21)11-4-2-3-5-12(11)17/h2-8,20H,1H3,(H,19,21). The van der Waals surface area contributed by atoms with Gasteiger partial charge in [0.2, 0.25) is 0 Å². The fourth-order valence-corrected chi connectivity index (χ4v) is 2.39. The zero-order chi connectivity index (χ0) is 16.1. The maximum atomic E-state index is 11.9. The van der Waals surface area contributed by atoms with Gasteiger partial charge in [0, 0.05) is 10.0 Å². The predicted molar refractivity (Wildman–Crippen MR) is 88.9 cm³/mol. The molecule has 0 unspecified atom stereocenters. The number of rotatable bonds is 4. The summed E-state index contributed by atoms with van der Waals surface area (Å²) in [7, 11) is 1.45. The van der Waals surface area contributed by atoms with Crippen LogP contribution in [0.1, 0.15) is 15.9 Å². The molecular formula is C15H12BrClN2O3. The van der Waals surface area contributed by atoms with Crippen molar-refractivity contribution in [2.75, 3.05) is 7.11 Å². The summed E-state index contributed by atoms with van der Waals surface area (Å²) in [6.45, 7) is 0. The molecule has 0 spiro atoms. The molecule has 2 aromatic rings. The van der Waals surface area contributed by atoms with Gasteiger partial charge in [-0.1, -0.05) is 39.7 Å². The molecule has 7 heteroatoms. The van der Waals surface area contributed by atoms with Crippen molar-refractivity contribution in [2.45, 2.75) is 0 Å². The second-order valence-electron chi connectivity index (χ2n) is 4.22. The zero-order valence-electron chi connectivity index (χ0n) is 11.5. The Bertz CT molecular complexity index is 735. The van der Waals surface area contributed by atoms with Crippen LogP contribution in [0.2, 0.25) is 5.02 Å². The first-order chi connectivity index (χ1) is 10.5. The lowest BCUT2D eigenvalue weighted by Crippen LogP contribution is -2.17. The Kier molecular flexibility index (Phi) is 5.41. The Labute approximate surface area is 140 Å². The summed E-state index contributed by atoms with van der Waals surface area (Å²) in [6.07, 6.45) is 1.32. The van der Waals surface area contributed by atoms with Gasteiger partial charge < -0.3 is 9.84 Å². The Morgan fingerprint density at radius 3 is 2.82 bits per heavy atom. The fourth-order valence-electron chi connectivity index (χ4n) is 1.71. The number of phenols is 1. The van der Waals surface area contributed by atoms with Crippen molar-refractivity contribution in [2.24, 2.45) is 5.10 Å². The number of hydrazone groups is 1. The molecule has 0 radical (unpaired) electrons. The number of methoxy groups -OCH3 is 1. The summed E-state index contributed by atoms with van der Waals surface area (Å²) >= 11 is 9.22. The van der Waals surface area contributed by atoms with Gasteiger partial charge in [-0.15, -0.1) is 0 Å². The minimum Gasteiger partial charge on any atom is -0.504 e. The third-order valence-electron chi connectivity index (χ3n) is 2.78. The maximum Gasteiger partial charge on any atom is 0.272 e. The Morgan fingerprint density at radius 2 is 2.14 bits per heavy atom. The zero-order valence-corrected chi connectivity index (χ0v) is 13.9. The van der Waals surface area contributed by atoms with Crippen molar-refractivity contribution in [3.05, 3.63) is 57.0 Å². The number of benzene rings is 2. The number of halogens is 2. The molecule has 0 saturated carbocycles. The maximum absolute atomic E-state index is 11.9. The number of carbonyl (C=O) groups is 1. The van der Waals surface area contributed by atoms with Crippen LogP contribution in [-0.4, -0.2) is 24.3 Å². The van der Waals surface area contributed by atoms with Crippen molar-refractivity contribution >= 4 is 39.7 Å². The predicted octanol–water partition coefficient (Wildman–Crippen LogP) is 3.58. The van der Waals surface area contributed by atoms with E-state index in [1.807, 2.05) is 0 Å². The van der Waals surface area contributed by atoms with Crippen LogP contribution in [-0.2, 0) is 0 Å². The van der Waals surface area contributed by atoms with Crippen molar-refractivity contribution in [3.8, 4) is 11.5 Å². The molecule has 22 heavy (non-hydrogen) atoms. The molecule has 0 bridgehead atoms. The number of aromatic hydroxyl groups is 1. The van der Waals surface area contributed by atoms with Crippen LogP contribution < -0.4 is 10.2 Å². The SMILES string of the molecule is COc1cc(Br)cc(C=NNC(=O)c2ccccc2Cl)c1O. The van der Waals surface area contributed by atoms with Crippen LogP contribution in [0.25, 0.3) is 0 Å². The van der Waals surface area contributed by atoms with E-state index in [2.05, 4.69) is 26.5 Å². The first-order valence-electron chi connectivity index (χ1n) is 6.17. The molecule has 2 N–H and O–H groups in total. The number of nitrogens with zero attached hydrogens (tertiary/aromatic N) is 1. The van der Waals surface area contributed by atoms with Crippen LogP contribution in [0, 0.1) is 0 Å². The van der Waals surface area contributed by atoms with Gasteiger partial charge in [-0.2, -0.15) is 5.10 Å². The summed E-state index contributed by atoms with van der Waals surface area (Å²) in [4.78, 5) is 11.9. The average molecular weight is 384 g/mol. The van der Waals surface area contributed by atoms with Gasteiger partial charge >= 0.3 is 0 Å². The first-order valence-corrected chi connectivity index (χ1v) is 7.34. The highest BCUT2D eigenvalue weighted by Gasteiger charge is 2.10. The van der Waals surface area contributed by atoms with E-state index in [0.29, 0.717) is 26.4 Å². The lowest BCUT2D eigenvalue weighted by atomic mass is 10.2. The number of nitrogens with one attached hydrogen (secondary N) is 1. The Morgan fingerprint density at radius 1 is 1.41 bits per heavy atom. The van der Waals surface area contributed by atoms with Gasteiger partial charge in [0.1, 0.15) is 0 Å². The van der Waals surface area contributed by atoms with Gasteiger partial charge in [0.15, 0.2) is 11.5 Å². The molecule has 0 aliphatic carbocycles. The van der Waals surface area contributed by atoms with E-state index >= 15 is 0 Å². The van der Waals surface area contributed by atoms with Crippen molar-refractivity contribution < 1.29 is 14.6 Å². The number of phenolic OH excluding ortho intramolecular Hbond substituents is 1. The summed E-state index contributed by atoms with van der Waals surface area (Å²) in [5.41, 5.74) is 3.06. The molecule has 2 aromatic carbocycles. The van der Waals surface area contributed by atoms with Crippen LogP contribution in [0.3, 0.4) is 0 Å². The third kappa shape index (κ3) is 3.78. The molecule has 1 amide bonds. The van der Waals surface area contributed by atoms with Gasteiger partial charge in [-0.25, -0.2) is 5.43 Å². The van der Waals surface area contributed by atoms with E-state index in [4.69, 9.17) is 16.3 Å². The van der Waals surface area contributed by atoms with E-state index in [1.165, 1.54) is 13.3 Å². The highest BCUT2D eigenvalue weighted by Crippen LogP contribution is 2.32. The second kappa shape index (κ2) is 7.29.